The van der Waals surface area contributed by atoms with Crippen molar-refractivity contribution in [3.8, 4) is 11.4 Å². The van der Waals surface area contributed by atoms with Crippen molar-refractivity contribution in [2.24, 2.45) is 0 Å². The van der Waals surface area contributed by atoms with E-state index in [2.05, 4.69) is 4.98 Å². The van der Waals surface area contributed by atoms with Crippen molar-refractivity contribution in [2.45, 2.75) is 24.7 Å². The molecular weight excluding hydrogens is 350 g/mol. The maximum absolute atomic E-state index is 13.6. The Kier molecular flexibility index (Phi) is 3.42. The predicted molar refractivity (Wildman–Crippen MR) is 67.5 cm³/mol. The van der Waals surface area contributed by atoms with E-state index in [0.29, 0.717) is 4.57 Å². The highest BCUT2D eigenvalue weighted by Crippen LogP contribution is 2.47. The fourth-order valence-corrected chi connectivity index (χ4v) is 2.73. The molecule has 124 valence electrons. The third-order valence-electron chi connectivity index (χ3n) is 3.42. The van der Waals surface area contributed by atoms with Crippen LogP contribution in [0, 0.1) is 5.82 Å². The van der Waals surface area contributed by atoms with Gasteiger partial charge in [-0.3, -0.25) is 0 Å². The van der Waals surface area contributed by atoms with Gasteiger partial charge in [-0.25, -0.2) is 18.2 Å². The molecule has 2 heterocycles. The lowest BCUT2D eigenvalue weighted by Crippen LogP contribution is -2.24. The molecule has 0 fully saturated rings. The number of fused-ring (bicyclic) bond motifs is 1. The van der Waals surface area contributed by atoms with Crippen LogP contribution in [0.5, 0.6) is 0 Å². The van der Waals surface area contributed by atoms with Crippen molar-refractivity contribution in [2.75, 3.05) is 0 Å². The van der Waals surface area contributed by atoms with Crippen LogP contribution in [0.4, 0.5) is 26.3 Å². The van der Waals surface area contributed by atoms with Crippen LogP contribution in [-0.2, 0) is 12.7 Å². The summed E-state index contributed by atoms with van der Waals surface area (Å²) in [5.74, 6) is -5.18. The number of hydrogen-bond acceptors (Lipinski definition) is 2. The Hall–Kier alpha value is -1.74. The van der Waals surface area contributed by atoms with Gasteiger partial charge in [0.25, 0.3) is 5.92 Å². The van der Waals surface area contributed by atoms with E-state index in [1.54, 1.807) is 0 Å². The average Bonchev–Trinajstić information content (AvgIpc) is 2.84. The zero-order valence-electron chi connectivity index (χ0n) is 11.0. The monoisotopic (exact) mass is 356 g/mol. The first-order valence-electron chi connectivity index (χ1n) is 6.20. The van der Waals surface area contributed by atoms with E-state index in [9.17, 15) is 31.4 Å². The van der Waals surface area contributed by atoms with E-state index in [1.165, 1.54) is 0 Å². The molecule has 0 aliphatic carbocycles. The molecular formula is C13H7ClF6N2O. The lowest BCUT2D eigenvalue weighted by Gasteiger charge is -2.14. The fraction of sp³-hybridized carbons (Fsp3) is 0.308. The van der Waals surface area contributed by atoms with Crippen molar-refractivity contribution >= 4 is 11.6 Å². The number of halogens is 7. The molecule has 1 N–H and O–H groups in total. The van der Waals surface area contributed by atoms with Gasteiger partial charge in [-0.05, 0) is 18.2 Å². The molecule has 0 saturated carbocycles. The molecule has 10 heteroatoms. The van der Waals surface area contributed by atoms with Crippen LogP contribution in [-0.4, -0.2) is 20.6 Å². The Labute approximate surface area is 130 Å². The highest BCUT2D eigenvalue weighted by molar-refractivity contribution is 6.30. The van der Waals surface area contributed by atoms with Crippen LogP contribution in [0.2, 0.25) is 5.02 Å². The third kappa shape index (κ3) is 2.57. The van der Waals surface area contributed by atoms with Gasteiger partial charge in [0.15, 0.2) is 11.8 Å². The fourth-order valence-electron chi connectivity index (χ4n) is 2.51. The maximum atomic E-state index is 13.6. The molecule has 2 aromatic rings. The second-order valence-corrected chi connectivity index (χ2v) is 5.51. The number of nitrogens with zero attached hydrogens (tertiary/aromatic N) is 2. The lowest BCUT2D eigenvalue weighted by molar-refractivity contribution is -0.145. The van der Waals surface area contributed by atoms with Gasteiger partial charge >= 0.3 is 6.18 Å². The minimum absolute atomic E-state index is 0.129. The molecule has 1 aromatic heterocycles. The van der Waals surface area contributed by atoms with E-state index in [4.69, 9.17) is 11.6 Å². The second kappa shape index (κ2) is 4.88. The van der Waals surface area contributed by atoms with Crippen molar-refractivity contribution in [1.29, 1.82) is 0 Å². The molecule has 0 radical (unpaired) electrons. The first-order valence-corrected chi connectivity index (χ1v) is 6.58. The highest BCUT2D eigenvalue weighted by atomic mass is 35.5. The molecule has 1 atom stereocenters. The van der Waals surface area contributed by atoms with Crippen LogP contribution < -0.4 is 0 Å². The molecule has 1 unspecified atom stereocenters. The van der Waals surface area contributed by atoms with E-state index in [0.717, 1.165) is 18.2 Å². The van der Waals surface area contributed by atoms with Crippen LogP contribution in [0.15, 0.2) is 18.2 Å². The first-order chi connectivity index (χ1) is 10.5. The summed E-state index contributed by atoms with van der Waals surface area (Å²) in [5.41, 5.74) is -2.87. The van der Waals surface area contributed by atoms with Gasteiger partial charge in [-0.1, -0.05) is 11.6 Å². The summed E-state index contributed by atoms with van der Waals surface area (Å²) in [5, 5.41) is 9.38. The normalized spacial score (nSPS) is 19.9. The molecule has 1 aliphatic heterocycles. The van der Waals surface area contributed by atoms with E-state index >= 15 is 0 Å². The van der Waals surface area contributed by atoms with Gasteiger partial charge < -0.3 is 9.67 Å². The summed E-state index contributed by atoms with van der Waals surface area (Å²) in [6.45, 7) is -1.20. The minimum Gasteiger partial charge on any atom is -0.380 e. The summed E-state index contributed by atoms with van der Waals surface area (Å²) in [6, 6.07) is 2.83. The van der Waals surface area contributed by atoms with Crippen LogP contribution in [0.3, 0.4) is 0 Å². The van der Waals surface area contributed by atoms with Crippen LogP contribution >= 0.6 is 11.6 Å². The number of aromatic nitrogens is 2. The Balaban J connectivity index is 2.27. The summed E-state index contributed by atoms with van der Waals surface area (Å²) >= 11 is 5.64. The largest absolute Gasteiger partial charge is 0.435 e. The Bertz CT molecular complexity index is 765. The molecule has 0 spiro atoms. The zero-order valence-corrected chi connectivity index (χ0v) is 11.8. The van der Waals surface area contributed by atoms with E-state index in [-0.39, 0.29) is 10.6 Å². The topological polar surface area (TPSA) is 38.1 Å². The molecule has 1 aromatic carbocycles. The summed E-state index contributed by atoms with van der Waals surface area (Å²) in [6.07, 6.45) is -7.70. The van der Waals surface area contributed by atoms with Crippen LogP contribution in [0.1, 0.15) is 17.5 Å². The van der Waals surface area contributed by atoms with Crippen LogP contribution in [0.25, 0.3) is 11.4 Å². The minimum atomic E-state index is -5.05. The quantitative estimate of drug-likeness (QED) is 0.783. The molecule has 0 amide bonds. The molecule has 0 saturated heterocycles. The number of alkyl halides is 5. The highest BCUT2D eigenvalue weighted by Gasteiger charge is 2.54. The molecule has 1 aliphatic rings. The third-order valence-corrected chi connectivity index (χ3v) is 3.64. The van der Waals surface area contributed by atoms with Gasteiger partial charge in [0.1, 0.15) is 11.6 Å². The maximum Gasteiger partial charge on any atom is 0.435 e. The molecule has 0 bridgehead atoms. The number of benzene rings is 1. The van der Waals surface area contributed by atoms with Gasteiger partial charge in [0.2, 0.25) is 0 Å². The Morgan fingerprint density at radius 2 is 1.91 bits per heavy atom. The SMILES string of the molecule is OC1c2c(C(F)(F)F)nc(-c3cc(F)cc(Cl)c3)n2CC1(F)F. The second-order valence-electron chi connectivity index (χ2n) is 5.07. The smallest absolute Gasteiger partial charge is 0.380 e. The van der Waals surface area contributed by atoms with Gasteiger partial charge in [-0.2, -0.15) is 13.2 Å². The van der Waals surface area contributed by atoms with Crippen molar-refractivity contribution in [3.05, 3.63) is 40.4 Å². The number of hydrogen-bond donors (Lipinski definition) is 1. The number of imidazole rings is 1. The van der Waals surface area contributed by atoms with Crippen molar-refractivity contribution < 1.29 is 31.4 Å². The van der Waals surface area contributed by atoms with Crippen molar-refractivity contribution in [3.63, 3.8) is 0 Å². The lowest BCUT2D eigenvalue weighted by atomic mass is 10.1. The van der Waals surface area contributed by atoms with Gasteiger partial charge in [0, 0.05) is 10.6 Å². The zero-order chi connectivity index (χ0) is 17.2. The first kappa shape index (κ1) is 16.1. The Morgan fingerprint density at radius 1 is 1.26 bits per heavy atom. The van der Waals surface area contributed by atoms with E-state index < -0.39 is 47.8 Å². The molecule has 23 heavy (non-hydrogen) atoms. The summed E-state index contributed by atoms with van der Waals surface area (Å²) in [4.78, 5) is 3.29. The standard InChI is InChI=1S/C13H7ClF6N2O/c14-6-1-5(2-7(15)3-6)11-21-9(13(18,19)20)8-10(23)12(16,17)4-22(8)11/h1-3,10,23H,4H2. The van der Waals surface area contributed by atoms with E-state index in [1.807, 2.05) is 0 Å². The molecule has 3 rings (SSSR count). The Morgan fingerprint density at radius 3 is 2.48 bits per heavy atom. The number of aliphatic hydroxyl groups excluding tert-OH is 1. The van der Waals surface area contributed by atoms with Crippen molar-refractivity contribution in [1.82, 2.24) is 9.55 Å². The number of rotatable bonds is 1. The van der Waals surface area contributed by atoms with Gasteiger partial charge in [-0.15, -0.1) is 0 Å². The van der Waals surface area contributed by atoms with Gasteiger partial charge in [0.05, 0.1) is 12.2 Å². The summed E-state index contributed by atoms with van der Waals surface area (Å²) in [7, 11) is 0. The predicted octanol–water partition coefficient (Wildman–Crippen LogP) is 4.04. The molecule has 3 nitrogen and oxygen atoms in total. The summed E-state index contributed by atoms with van der Waals surface area (Å²) < 4.78 is 80.2. The number of aliphatic hydroxyl groups is 1. The average molecular weight is 357 g/mol.